The number of hydrogen-bond donors (Lipinski definition) is 0. The van der Waals surface area contributed by atoms with Crippen molar-refractivity contribution < 1.29 is 4.79 Å². The number of hydrogen-bond acceptors (Lipinski definition) is 1. The summed E-state index contributed by atoms with van der Waals surface area (Å²) in [6, 6.07) is 0. The van der Waals surface area contributed by atoms with E-state index in [4.69, 9.17) is 0 Å². The van der Waals surface area contributed by atoms with Gasteiger partial charge in [-0.15, -0.1) is 0 Å². The van der Waals surface area contributed by atoms with Crippen molar-refractivity contribution in [1.29, 1.82) is 0 Å². The summed E-state index contributed by atoms with van der Waals surface area (Å²) in [5.41, 5.74) is 0. The molecule has 1 aliphatic heterocycles. The number of likely N-dealkylation sites (tertiary alicyclic amines) is 1. The molecule has 1 saturated heterocycles. The van der Waals surface area contributed by atoms with E-state index < -0.39 is 0 Å². The molecule has 0 radical (unpaired) electrons. The van der Waals surface area contributed by atoms with Crippen LogP contribution in [0.4, 0.5) is 0 Å². The summed E-state index contributed by atoms with van der Waals surface area (Å²) in [6.45, 7) is 5.93. The van der Waals surface area contributed by atoms with Crippen molar-refractivity contribution in [2.45, 2.75) is 58.8 Å². The lowest BCUT2D eigenvalue weighted by Crippen LogP contribution is -2.36. The first-order valence-electron chi connectivity index (χ1n) is 6.49. The lowest BCUT2D eigenvalue weighted by molar-refractivity contribution is -0.130. The Morgan fingerprint density at radius 3 is 2.40 bits per heavy atom. The van der Waals surface area contributed by atoms with Gasteiger partial charge in [0.25, 0.3) is 0 Å². The SMILES string of the molecule is CCCCCCC1CCN(C(C)=O)CC1. The van der Waals surface area contributed by atoms with Gasteiger partial charge in [0.05, 0.1) is 0 Å². The third-order valence-electron chi connectivity index (χ3n) is 3.53. The Morgan fingerprint density at radius 1 is 1.20 bits per heavy atom. The molecule has 1 rings (SSSR count). The molecule has 0 aromatic heterocycles. The van der Waals surface area contributed by atoms with Gasteiger partial charge in [0.1, 0.15) is 0 Å². The molecule has 88 valence electrons. The fourth-order valence-electron chi connectivity index (χ4n) is 2.40. The maximum atomic E-state index is 11.1. The zero-order valence-corrected chi connectivity index (χ0v) is 10.3. The average molecular weight is 211 g/mol. The number of piperidine rings is 1. The fraction of sp³-hybridized carbons (Fsp3) is 0.923. The van der Waals surface area contributed by atoms with Crippen LogP contribution in [0.25, 0.3) is 0 Å². The van der Waals surface area contributed by atoms with Crippen molar-refractivity contribution in [2.24, 2.45) is 5.92 Å². The molecule has 15 heavy (non-hydrogen) atoms. The third-order valence-corrected chi connectivity index (χ3v) is 3.53. The van der Waals surface area contributed by atoms with Crippen LogP contribution in [0.2, 0.25) is 0 Å². The van der Waals surface area contributed by atoms with Crippen LogP contribution in [-0.4, -0.2) is 23.9 Å². The van der Waals surface area contributed by atoms with Gasteiger partial charge in [-0.1, -0.05) is 39.0 Å². The zero-order chi connectivity index (χ0) is 11.1. The molecular formula is C13H25NO. The van der Waals surface area contributed by atoms with Crippen LogP contribution < -0.4 is 0 Å². The van der Waals surface area contributed by atoms with Gasteiger partial charge in [-0.05, 0) is 18.8 Å². The molecular weight excluding hydrogens is 186 g/mol. The first-order chi connectivity index (χ1) is 7.24. The molecule has 0 N–H and O–H groups in total. The molecule has 0 spiro atoms. The summed E-state index contributed by atoms with van der Waals surface area (Å²) in [7, 11) is 0. The highest BCUT2D eigenvalue weighted by Gasteiger charge is 2.19. The second kappa shape index (κ2) is 6.86. The van der Waals surface area contributed by atoms with Crippen molar-refractivity contribution in [3.63, 3.8) is 0 Å². The third kappa shape index (κ3) is 4.67. The summed E-state index contributed by atoms with van der Waals surface area (Å²) in [6.07, 6.45) is 9.32. The van der Waals surface area contributed by atoms with Gasteiger partial charge in [0.15, 0.2) is 0 Å². The molecule has 0 aliphatic carbocycles. The van der Waals surface area contributed by atoms with Gasteiger partial charge in [-0.2, -0.15) is 0 Å². The lowest BCUT2D eigenvalue weighted by atomic mass is 9.91. The van der Waals surface area contributed by atoms with E-state index in [1.807, 2.05) is 4.90 Å². The number of carbonyl (C=O) groups is 1. The fourth-order valence-corrected chi connectivity index (χ4v) is 2.40. The molecule has 1 aliphatic rings. The zero-order valence-electron chi connectivity index (χ0n) is 10.3. The molecule has 0 unspecified atom stereocenters. The van der Waals surface area contributed by atoms with E-state index >= 15 is 0 Å². The van der Waals surface area contributed by atoms with Crippen LogP contribution >= 0.6 is 0 Å². The largest absolute Gasteiger partial charge is 0.343 e. The Bertz CT molecular complexity index is 183. The number of carbonyl (C=O) groups excluding carboxylic acids is 1. The topological polar surface area (TPSA) is 20.3 Å². The standard InChI is InChI=1S/C13H25NO/c1-3-4-5-6-7-13-8-10-14(11-9-13)12(2)15/h13H,3-11H2,1-2H3. The van der Waals surface area contributed by atoms with Gasteiger partial charge in [0.2, 0.25) is 5.91 Å². The van der Waals surface area contributed by atoms with Gasteiger partial charge < -0.3 is 4.90 Å². The number of nitrogens with zero attached hydrogens (tertiary/aromatic N) is 1. The summed E-state index contributed by atoms with van der Waals surface area (Å²) in [5.74, 6) is 1.14. The van der Waals surface area contributed by atoms with Crippen molar-refractivity contribution in [3.8, 4) is 0 Å². The molecule has 0 aromatic rings. The Balaban J connectivity index is 2.07. The van der Waals surface area contributed by atoms with Gasteiger partial charge in [-0.3, -0.25) is 4.79 Å². The Morgan fingerprint density at radius 2 is 1.87 bits per heavy atom. The molecule has 0 bridgehead atoms. The molecule has 2 heteroatoms. The molecule has 0 aromatic carbocycles. The second-order valence-electron chi connectivity index (χ2n) is 4.80. The van der Waals surface area contributed by atoms with Crippen molar-refractivity contribution in [2.75, 3.05) is 13.1 Å². The number of rotatable bonds is 5. The van der Waals surface area contributed by atoms with Gasteiger partial charge in [-0.25, -0.2) is 0 Å². The Labute approximate surface area is 94.0 Å². The van der Waals surface area contributed by atoms with E-state index in [1.165, 1.54) is 44.9 Å². The van der Waals surface area contributed by atoms with E-state index in [0.29, 0.717) is 0 Å². The van der Waals surface area contributed by atoms with Gasteiger partial charge >= 0.3 is 0 Å². The van der Waals surface area contributed by atoms with Crippen LogP contribution in [0.3, 0.4) is 0 Å². The van der Waals surface area contributed by atoms with Crippen molar-refractivity contribution >= 4 is 5.91 Å². The van der Waals surface area contributed by atoms with Crippen molar-refractivity contribution in [3.05, 3.63) is 0 Å². The maximum absolute atomic E-state index is 11.1. The molecule has 0 saturated carbocycles. The number of unbranched alkanes of at least 4 members (excludes halogenated alkanes) is 3. The summed E-state index contributed by atoms with van der Waals surface area (Å²) in [5, 5.41) is 0. The minimum atomic E-state index is 0.249. The predicted octanol–water partition coefficient (Wildman–Crippen LogP) is 3.22. The Hall–Kier alpha value is -0.530. The summed E-state index contributed by atoms with van der Waals surface area (Å²) >= 11 is 0. The van der Waals surface area contributed by atoms with Crippen LogP contribution in [-0.2, 0) is 4.79 Å². The van der Waals surface area contributed by atoms with Crippen LogP contribution in [0, 0.1) is 5.92 Å². The summed E-state index contributed by atoms with van der Waals surface area (Å²) < 4.78 is 0. The first-order valence-corrected chi connectivity index (χ1v) is 6.49. The van der Waals surface area contributed by atoms with E-state index in [9.17, 15) is 4.79 Å². The first kappa shape index (κ1) is 12.5. The monoisotopic (exact) mass is 211 g/mol. The van der Waals surface area contributed by atoms with E-state index in [2.05, 4.69) is 6.92 Å². The molecule has 1 fully saturated rings. The van der Waals surface area contributed by atoms with Crippen molar-refractivity contribution in [1.82, 2.24) is 4.90 Å². The van der Waals surface area contributed by atoms with Crippen LogP contribution in [0.5, 0.6) is 0 Å². The van der Waals surface area contributed by atoms with E-state index in [-0.39, 0.29) is 5.91 Å². The molecule has 0 atom stereocenters. The van der Waals surface area contributed by atoms with Crippen LogP contribution in [0.15, 0.2) is 0 Å². The van der Waals surface area contributed by atoms with Crippen LogP contribution in [0.1, 0.15) is 58.8 Å². The normalized spacial score (nSPS) is 18.1. The van der Waals surface area contributed by atoms with E-state index in [0.717, 1.165) is 19.0 Å². The maximum Gasteiger partial charge on any atom is 0.219 e. The summed E-state index contributed by atoms with van der Waals surface area (Å²) in [4.78, 5) is 13.1. The Kier molecular flexibility index (Phi) is 5.74. The second-order valence-corrected chi connectivity index (χ2v) is 4.80. The lowest BCUT2D eigenvalue weighted by Gasteiger charge is -2.31. The average Bonchev–Trinajstić information content (AvgIpc) is 2.25. The minimum Gasteiger partial charge on any atom is -0.343 e. The highest BCUT2D eigenvalue weighted by molar-refractivity contribution is 5.73. The molecule has 2 nitrogen and oxygen atoms in total. The highest BCUT2D eigenvalue weighted by atomic mass is 16.2. The predicted molar refractivity (Wildman–Crippen MR) is 63.7 cm³/mol. The van der Waals surface area contributed by atoms with Gasteiger partial charge in [0, 0.05) is 20.0 Å². The minimum absolute atomic E-state index is 0.249. The smallest absolute Gasteiger partial charge is 0.219 e. The van der Waals surface area contributed by atoms with E-state index in [1.54, 1.807) is 6.92 Å². The number of amides is 1. The highest BCUT2D eigenvalue weighted by Crippen LogP contribution is 2.23. The quantitative estimate of drug-likeness (QED) is 0.639. The molecule has 1 heterocycles. The molecule has 1 amide bonds.